The van der Waals surface area contributed by atoms with Gasteiger partial charge in [-0.15, -0.1) is 0 Å². The molecule has 1 heterocycles. The predicted octanol–water partition coefficient (Wildman–Crippen LogP) is 6.92. The van der Waals surface area contributed by atoms with Gasteiger partial charge in [0.2, 0.25) is 0 Å². The summed E-state index contributed by atoms with van der Waals surface area (Å²) in [5.74, 6) is 0.430. The van der Waals surface area contributed by atoms with Crippen molar-refractivity contribution in [1.82, 2.24) is 4.98 Å². The SMILES string of the molecule is COc1cc2ccccc2cc1C(=O)N(Cc1ccccc1)c1nc2cc(C)cc(C)c2s1. The summed E-state index contributed by atoms with van der Waals surface area (Å²) in [5.41, 5.74) is 4.82. The second kappa shape index (κ2) is 8.68. The van der Waals surface area contributed by atoms with E-state index >= 15 is 0 Å². The van der Waals surface area contributed by atoms with Gasteiger partial charge in [-0.3, -0.25) is 9.69 Å². The molecule has 1 amide bonds. The van der Waals surface area contributed by atoms with E-state index in [9.17, 15) is 4.79 Å². The number of aromatic nitrogens is 1. The van der Waals surface area contributed by atoms with Crippen molar-refractivity contribution in [2.24, 2.45) is 0 Å². The van der Waals surface area contributed by atoms with Crippen LogP contribution in [0.1, 0.15) is 27.0 Å². The van der Waals surface area contributed by atoms with Crippen molar-refractivity contribution in [3.8, 4) is 5.75 Å². The van der Waals surface area contributed by atoms with Gasteiger partial charge in [-0.25, -0.2) is 4.98 Å². The summed E-state index contributed by atoms with van der Waals surface area (Å²) < 4.78 is 6.74. The van der Waals surface area contributed by atoms with Crippen molar-refractivity contribution in [3.63, 3.8) is 0 Å². The van der Waals surface area contributed by atoms with Gasteiger partial charge >= 0.3 is 0 Å². The first-order valence-corrected chi connectivity index (χ1v) is 11.7. The van der Waals surface area contributed by atoms with Crippen LogP contribution in [-0.4, -0.2) is 18.0 Å². The van der Waals surface area contributed by atoms with Crippen LogP contribution in [0.3, 0.4) is 0 Å². The van der Waals surface area contributed by atoms with E-state index in [0.717, 1.165) is 32.1 Å². The van der Waals surface area contributed by atoms with Crippen LogP contribution in [0.5, 0.6) is 5.75 Å². The molecule has 0 fully saturated rings. The van der Waals surface area contributed by atoms with Crippen molar-refractivity contribution in [2.45, 2.75) is 20.4 Å². The average Bonchev–Trinajstić information content (AvgIpc) is 3.26. The number of amides is 1. The Morgan fingerprint density at radius 1 is 0.939 bits per heavy atom. The Bertz CT molecular complexity index is 1470. The highest BCUT2D eigenvalue weighted by Gasteiger charge is 2.25. The van der Waals surface area contributed by atoms with Crippen LogP contribution >= 0.6 is 11.3 Å². The molecule has 5 aromatic rings. The molecule has 0 aliphatic heterocycles. The molecule has 0 bridgehead atoms. The van der Waals surface area contributed by atoms with Crippen molar-refractivity contribution in [1.29, 1.82) is 0 Å². The first-order valence-electron chi connectivity index (χ1n) is 10.8. The van der Waals surface area contributed by atoms with Crippen LogP contribution in [0, 0.1) is 13.8 Å². The van der Waals surface area contributed by atoms with E-state index in [2.05, 4.69) is 26.0 Å². The van der Waals surface area contributed by atoms with Crippen molar-refractivity contribution >= 4 is 43.4 Å². The average molecular weight is 453 g/mol. The molecule has 33 heavy (non-hydrogen) atoms. The third-order valence-corrected chi connectivity index (χ3v) is 7.00. The molecule has 0 N–H and O–H groups in total. The smallest absolute Gasteiger partial charge is 0.264 e. The van der Waals surface area contributed by atoms with Crippen LogP contribution in [0.25, 0.3) is 21.0 Å². The summed E-state index contributed by atoms with van der Waals surface area (Å²) >= 11 is 1.55. The lowest BCUT2D eigenvalue weighted by Crippen LogP contribution is -2.30. The van der Waals surface area contributed by atoms with Crippen LogP contribution < -0.4 is 9.64 Å². The number of benzene rings is 4. The van der Waals surface area contributed by atoms with E-state index in [0.29, 0.717) is 23.0 Å². The fraction of sp³-hybridized carbons (Fsp3) is 0.143. The topological polar surface area (TPSA) is 42.4 Å². The lowest BCUT2D eigenvalue weighted by Gasteiger charge is -2.21. The van der Waals surface area contributed by atoms with E-state index in [1.165, 1.54) is 5.56 Å². The number of carbonyl (C=O) groups is 1. The van der Waals surface area contributed by atoms with Gasteiger partial charge in [0, 0.05) is 0 Å². The Morgan fingerprint density at radius 2 is 1.64 bits per heavy atom. The van der Waals surface area contributed by atoms with Gasteiger partial charge in [0.15, 0.2) is 5.13 Å². The monoisotopic (exact) mass is 452 g/mol. The summed E-state index contributed by atoms with van der Waals surface area (Å²) in [6.07, 6.45) is 0. The molecule has 0 aliphatic carbocycles. The Labute approximate surface area is 197 Å². The summed E-state index contributed by atoms with van der Waals surface area (Å²) in [6, 6.07) is 26.1. The standard InChI is InChI=1S/C28H24N2O2S/c1-18-13-19(2)26-24(14-18)29-28(33-26)30(17-20-9-5-4-6-10-20)27(31)23-15-21-11-7-8-12-22(21)16-25(23)32-3/h4-16H,17H2,1-3H3. The summed E-state index contributed by atoms with van der Waals surface area (Å²) in [7, 11) is 1.60. The summed E-state index contributed by atoms with van der Waals surface area (Å²) in [5, 5.41) is 2.71. The molecule has 0 saturated carbocycles. The highest BCUT2D eigenvalue weighted by Crippen LogP contribution is 2.35. The van der Waals surface area contributed by atoms with Gasteiger partial charge in [0.05, 0.1) is 29.4 Å². The number of ether oxygens (including phenoxy) is 1. The number of anilines is 1. The van der Waals surface area contributed by atoms with Crippen molar-refractivity contribution in [3.05, 3.63) is 101 Å². The van der Waals surface area contributed by atoms with E-state index in [4.69, 9.17) is 9.72 Å². The summed E-state index contributed by atoms with van der Waals surface area (Å²) in [6.45, 7) is 4.58. The largest absolute Gasteiger partial charge is 0.496 e. The number of hydrogen-bond acceptors (Lipinski definition) is 4. The van der Waals surface area contributed by atoms with Gasteiger partial charge in [0.25, 0.3) is 5.91 Å². The molecule has 0 atom stereocenters. The van der Waals surface area contributed by atoms with Gasteiger partial charge in [-0.1, -0.05) is 72.0 Å². The van der Waals surface area contributed by atoms with Crippen LogP contribution in [0.2, 0.25) is 0 Å². The van der Waals surface area contributed by atoms with E-state index in [1.54, 1.807) is 23.3 Å². The fourth-order valence-corrected chi connectivity index (χ4v) is 5.19. The van der Waals surface area contributed by atoms with Crippen molar-refractivity contribution < 1.29 is 9.53 Å². The lowest BCUT2D eigenvalue weighted by molar-refractivity contribution is 0.0982. The number of methoxy groups -OCH3 is 1. The first kappa shape index (κ1) is 21.2. The second-order valence-corrected chi connectivity index (χ2v) is 9.18. The Hall–Kier alpha value is -3.70. The molecule has 0 saturated heterocycles. The highest BCUT2D eigenvalue weighted by atomic mass is 32.1. The maximum atomic E-state index is 14.0. The second-order valence-electron chi connectivity index (χ2n) is 8.20. The maximum Gasteiger partial charge on any atom is 0.264 e. The molecule has 1 aromatic heterocycles. The van der Waals surface area contributed by atoms with Gasteiger partial charge in [0.1, 0.15) is 5.75 Å². The molecule has 164 valence electrons. The Kier molecular flexibility index (Phi) is 5.56. The van der Waals surface area contributed by atoms with Crippen LogP contribution in [-0.2, 0) is 6.54 Å². The van der Waals surface area contributed by atoms with E-state index in [1.807, 2.05) is 66.7 Å². The fourth-order valence-electron chi connectivity index (χ4n) is 4.17. The molecule has 5 rings (SSSR count). The normalized spacial score (nSPS) is 11.1. The zero-order valence-electron chi connectivity index (χ0n) is 18.8. The predicted molar refractivity (Wildman–Crippen MR) is 137 cm³/mol. The molecule has 4 nitrogen and oxygen atoms in total. The molecule has 0 spiro atoms. The van der Waals surface area contributed by atoms with E-state index in [-0.39, 0.29) is 5.91 Å². The summed E-state index contributed by atoms with van der Waals surface area (Å²) in [4.78, 5) is 20.7. The lowest BCUT2D eigenvalue weighted by atomic mass is 10.0. The zero-order valence-corrected chi connectivity index (χ0v) is 19.6. The molecule has 4 aromatic carbocycles. The zero-order chi connectivity index (χ0) is 22.9. The van der Waals surface area contributed by atoms with Crippen LogP contribution in [0.15, 0.2) is 78.9 Å². The number of fused-ring (bicyclic) bond motifs is 2. The van der Waals surface area contributed by atoms with Gasteiger partial charge in [-0.05, 0) is 59.5 Å². The molecule has 5 heteroatoms. The number of rotatable bonds is 5. The third-order valence-electron chi connectivity index (χ3n) is 5.77. The number of carbonyl (C=O) groups excluding carboxylic acids is 1. The van der Waals surface area contributed by atoms with Crippen LogP contribution in [0.4, 0.5) is 5.13 Å². The van der Waals surface area contributed by atoms with Gasteiger partial charge in [-0.2, -0.15) is 0 Å². The number of hydrogen-bond donors (Lipinski definition) is 0. The molecular formula is C28H24N2O2S. The number of thiazole rings is 1. The molecule has 0 unspecified atom stereocenters. The number of nitrogens with zero attached hydrogens (tertiary/aromatic N) is 2. The Balaban J connectivity index is 1.65. The minimum absolute atomic E-state index is 0.130. The molecular weight excluding hydrogens is 428 g/mol. The highest BCUT2D eigenvalue weighted by molar-refractivity contribution is 7.22. The third kappa shape index (κ3) is 4.08. The maximum absolute atomic E-state index is 14.0. The Morgan fingerprint density at radius 3 is 2.36 bits per heavy atom. The van der Waals surface area contributed by atoms with E-state index < -0.39 is 0 Å². The number of aryl methyl sites for hydroxylation is 2. The van der Waals surface area contributed by atoms with Crippen molar-refractivity contribution in [2.75, 3.05) is 12.0 Å². The first-order chi connectivity index (χ1) is 16.0. The molecule has 0 aliphatic rings. The molecule has 0 radical (unpaired) electrons. The quantitative estimate of drug-likeness (QED) is 0.291. The minimum Gasteiger partial charge on any atom is -0.496 e. The van der Waals surface area contributed by atoms with Gasteiger partial charge < -0.3 is 4.74 Å². The minimum atomic E-state index is -0.130.